The van der Waals surface area contributed by atoms with E-state index in [-0.39, 0.29) is 0 Å². The van der Waals surface area contributed by atoms with Gasteiger partial charge in [-0.2, -0.15) is 3.97 Å². The monoisotopic (exact) mass is 474 g/mol. The zero-order valence-corrected chi connectivity index (χ0v) is 21.1. The van der Waals surface area contributed by atoms with E-state index in [1.54, 1.807) is 23.9 Å². The van der Waals surface area contributed by atoms with Crippen LogP contribution in [0.4, 0.5) is 0 Å². The molecule has 0 N–H and O–H groups in total. The second-order valence-corrected chi connectivity index (χ2v) is 10.7. The van der Waals surface area contributed by atoms with E-state index >= 15 is 0 Å². The number of phosphoric ester groups is 1. The third kappa shape index (κ3) is 5.89. The third-order valence-corrected chi connectivity index (χ3v) is 8.33. The Morgan fingerprint density at radius 2 is 1.29 bits per heavy atom. The van der Waals surface area contributed by atoms with E-state index in [2.05, 4.69) is 0 Å². The topological polar surface area (TPSA) is 44.8 Å². The SMILES string of the molecule is CSc1ccc(SOP(=O)(Oc2cccc(C)c2C)Oc2cccc(C)c2C)cc1C. The lowest BCUT2D eigenvalue weighted by atomic mass is 10.1. The Balaban J connectivity index is 1.91. The molecule has 0 aromatic heterocycles. The lowest BCUT2D eigenvalue weighted by molar-refractivity contribution is 0.312. The summed E-state index contributed by atoms with van der Waals surface area (Å²) in [6, 6.07) is 17.2. The van der Waals surface area contributed by atoms with Gasteiger partial charge in [0.15, 0.2) is 0 Å². The number of aryl methyl sites for hydroxylation is 3. The standard InChI is InChI=1S/C24H27O4PS2/c1-16-9-7-11-22(19(16)4)26-29(25,27-23-12-8-10-17(2)20(23)5)28-31-21-13-14-24(30-6)18(3)15-21/h7-15H,1-6H3. The first kappa shape index (κ1) is 23.8. The van der Waals surface area contributed by atoms with Crippen LogP contribution in [-0.2, 0) is 8.54 Å². The minimum absolute atomic E-state index is 0.475. The van der Waals surface area contributed by atoms with E-state index in [1.807, 2.05) is 83.3 Å². The lowest BCUT2D eigenvalue weighted by Gasteiger charge is -2.21. The summed E-state index contributed by atoms with van der Waals surface area (Å²) in [6.07, 6.45) is 2.04. The second-order valence-electron chi connectivity index (χ2n) is 7.32. The van der Waals surface area contributed by atoms with E-state index < -0.39 is 7.82 Å². The van der Waals surface area contributed by atoms with Crippen LogP contribution in [0.15, 0.2) is 64.4 Å². The molecule has 7 heteroatoms. The highest BCUT2D eigenvalue weighted by Gasteiger charge is 2.33. The van der Waals surface area contributed by atoms with Gasteiger partial charge >= 0.3 is 7.82 Å². The number of rotatable bonds is 8. The number of benzene rings is 3. The largest absolute Gasteiger partial charge is 0.599 e. The molecule has 0 spiro atoms. The molecule has 0 aliphatic heterocycles. The van der Waals surface area contributed by atoms with Gasteiger partial charge in [-0.15, -0.1) is 11.8 Å². The number of hydrogen-bond acceptors (Lipinski definition) is 6. The van der Waals surface area contributed by atoms with Crippen molar-refractivity contribution in [3.05, 3.63) is 82.4 Å². The van der Waals surface area contributed by atoms with E-state index in [0.717, 1.165) is 44.8 Å². The van der Waals surface area contributed by atoms with E-state index in [1.165, 1.54) is 4.90 Å². The van der Waals surface area contributed by atoms with Crippen molar-refractivity contribution in [2.45, 2.75) is 44.4 Å². The molecule has 0 aliphatic rings. The maximum Gasteiger partial charge on any atom is 0.599 e. The van der Waals surface area contributed by atoms with Crippen LogP contribution >= 0.6 is 31.6 Å². The van der Waals surface area contributed by atoms with Gasteiger partial charge in [0.25, 0.3) is 0 Å². The van der Waals surface area contributed by atoms with Gasteiger partial charge < -0.3 is 9.05 Å². The van der Waals surface area contributed by atoms with Gasteiger partial charge in [0.05, 0.1) is 0 Å². The first-order valence-electron chi connectivity index (χ1n) is 9.85. The third-order valence-electron chi connectivity index (χ3n) is 5.12. The minimum atomic E-state index is -4.00. The maximum atomic E-state index is 13.8. The molecular weight excluding hydrogens is 447 g/mol. The van der Waals surface area contributed by atoms with Crippen LogP contribution in [0.2, 0.25) is 0 Å². The van der Waals surface area contributed by atoms with Crippen molar-refractivity contribution in [1.29, 1.82) is 0 Å². The fraction of sp³-hybridized carbons (Fsp3) is 0.250. The van der Waals surface area contributed by atoms with Crippen molar-refractivity contribution >= 4 is 31.6 Å². The van der Waals surface area contributed by atoms with Crippen LogP contribution in [-0.4, -0.2) is 6.26 Å². The van der Waals surface area contributed by atoms with Crippen molar-refractivity contribution in [2.24, 2.45) is 0 Å². The van der Waals surface area contributed by atoms with Crippen molar-refractivity contribution < 1.29 is 17.6 Å². The summed E-state index contributed by atoms with van der Waals surface area (Å²) in [5.41, 5.74) is 4.97. The number of thioether (sulfide) groups is 1. The molecule has 0 saturated heterocycles. The Morgan fingerprint density at radius 3 is 1.77 bits per heavy atom. The average Bonchev–Trinajstić information content (AvgIpc) is 2.73. The van der Waals surface area contributed by atoms with Crippen LogP contribution < -0.4 is 9.05 Å². The Kier molecular flexibility index (Phi) is 7.82. The fourth-order valence-electron chi connectivity index (χ4n) is 2.93. The molecule has 0 bridgehead atoms. The molecule has 0 atom stereocenters. The summed E-state index contributed by atoms with van der Waals surface area (Å²) in [4.78, 5) is 2.01. The fourth-order valence-corrected chi connectivity index (χ4v) is 5.73. The van der Waals surface area contributed by atoms with Gasteiger partial charge in [-0.3, -0.25) is 0 Å². The van der Waals surface area contributed by atoms with Crippen LogP contribution in [0.5, 0.6) is 11.5 Å². The molecule has 3 aromatic rings. The minimum Gasteiger partial charge on any atom is -0.394 e. The summed E-state index contributed by atoms with van der Waals surface area (Å²) in [5.74, 6) is 0.950. The Morgan fingerprint density at radius 1 is 0.742 bits per heavy atom. The van der Waals surface area contributed by atoms with E-state index in [9.17, 15) is 4.57 Å². The Labute approximate surface area is 193 Å². The molecule has 164 valence electrons. The van der Waals surface area contributed by atoms with Gasteiger partial charge in [-0.25, -0.2) is 4.57 Å². The van der Waals surface area contributed by atoms with Crippen molar-refractivity contribution in [2.75, 3.05) is 6.26 Å². The summed E-state index contributed by atoms with van der Waals surface area (Å²) in [6.45, 7) is 9.83. The lowest BCUT2D eigenvalue weighted by Crippen LogP contribution is -2.04. The van der Waals surface area contributed by atoms with Crippen molar-refractivity contribution in [1.82, 2.24) is 0 Å². The normalized spacial score (nSPS) is 11.4. The molecule has 0 aliphatic carbocycles. The summed E-state index contributed by atoms with van der Waals surface area (Å²) in [5, 5.41) is 0. The van der Waals surface area contributed by atoms with E-state index in [4.69, 9.17) is 13.0 Å². The molecule has 0 fully saturated rings. The molecule has 0 amide bonds. The van der Waals surface area contributed by atoms with Crippen molar-refractivity contribution in [3.8, 4) is 11.5 Å². The highest BCUT2D eigenvalue weighted by molar-refractivity contribution is 7.98. The number of phosphoric acid groups is 1. The van der Waals surface area contributed by atoms with Gasteiger partial charge in [0.1, 0.15) is 11.5 Å². The van der Waals surface area contributed by atoms with Crippen LogP contribution in [0.25, 0.3) is 0 Å². The zero-order valence-electron chi connectivity index (χ0n) is 18.6. The molecular formula is C24H27O4PS2. The van der Waals surface area contributed by atoms with Gasteiger partial charge in [-0.05, 0) is 99.0 Å². The van der Waals surface area contributed by atoms with Crippen LogP contribution in [0.3, 0.4) is 0 Å². The molecule has 3 rings (SSSR count). The Hall–Kier alpha value is -1.85. The highest BCUT2D eigenvalue weighted by Crippen LogP contribution is 2.55. The predicted octanol–water partition coefficient (Wildman–Crippen LogP) is 8.24. The smallest absolute Gasteiger partial charge is 0.394 e. The van der Waals surface area contributed by atoms with Gasteiger partial charge in [0, 0.05) is 21.8 Å². The molecule has 0 radical (unpaired) electrons. The Bertz CT molecular complexity index is 1070. The average molecular weight is 475 g/mol. The van der Waals surface area contributed by atoms with Crippen molar-refractivity contribution in [3.63, 3.8) is 0 Å². The summed E-state index contributed by atoms with van der Waals surface area (Å²) in [7, 11) is -4.00. The molecule has 31 heavy (non-hydrogen) atoms. The molecule has 4 nitrogen and oxygen atoms in total. The van der Waals surface area contributed by atoms with Gasteiger partial charge in [0.2, 0.25) is 0 Å². The van der Waals surface area contributed by atoms with Crippen LogP contribution in [0, 0.1) is 34.6 Å². The van der Waals surface area contributed by atoms with Gasteiger partial charge in [-0.1, -0.05) is 24.3 Å². The molecule has 0 saturated carbocycles. The molecule has 3 aromatic carbocycles. The molecule has 0 unspecified atom stereocenters. The predicted molar refractivity (Wildman–Crippen MR) is 131 cm³/mol. The number of hydrogen-bond donors (Lipinski definition) is 0. The summed E-state index contributed by atoms with van der Waals surface area (Å²) < 4.78 is 31.3. The zero-order chi connectivity index (χ0) is 22.6. The van der Waals surface area contributed by atoms with Crippen LogP contribution in [0.1, 0.15) is 27.8 Å². The maximum absolute atomic E-state index is 13.8. The first-order valence-corrected chi connectivity index (χ1v) is 13.3. The van der Waals surface area contributed by atoms with E-state index in [0.29, 0.717) is 11.5 Å². The summed E-state index contributed by atoms with van der Waals surface area (Å²) >= 11 is 2.68. The molecule has 0 heterocycles. The first-order chi connectivity index (χ1) is 14.7. The second kappa shape index (κ2) is 10.2. The quantitative estimate of drug-likeness (QED) is 0.186. The highest BCUT2D eigenvalue weighted by atomic mass is 32.2.